The van der Waals surface area contributed by atoms with Crippen LogP contribution >= 0.6 is 0 Å². The van der Waals surface area contributed by atoms with Crippen LogP contribution in [0.4, 0.5) is 10.2 Å². The van der Waals surface area contributed by atoms with Gasteiger partial charge in [0.2, 0.25) is 5.91 Å². The van der Waals surface area contributed by atoms with Crippen LogP contribution in [-0.2, 0) is 11.2 Å². The maximum atomic E-state index is 13.7. The molecule has 2 amide bonds. The Balaban J connectivity index is 1.55. The highest BCUT2D eigenvalue weighted by atomic mass is 19.1. The fourth-order valence-electron chi connectivity index (χ4n) is 3.35. The number of pyridine rings is 1. The van der Waals surface area contributed by atoms with Crippen molar-refractivity contribution in [2.45, 2.75) is 12.8 Å². The molecule has 1 saturated heterocycles. The van der Waals surface area contributed by atoms with Gasteiger partial charge < -0.3 is 14.7 Å². The molecule has 148 valence electrons. The summed E-state index contributed by atoms with van der Waals surface area (Å²) in [5.74, 6) is 0.274. The van der Waals surface area contributed by atoms with E-state index in [-0.39, 0.29) is 24.1 Å². The molecule has 0 N–H and O–H groups in total. The summed E-state index contributed by atoms with van der Waals surface area (Å²) < 4.78 is 13.7. The van der Waals surface area contributed by atoms with Crippen LogP contribution in [0.25, 0.3) is 0 Å². The molecule has 7 heteroatoms. The fourth-order valence-corrected chi connectivity index (χ4v) is 3.35. The van der Waals surface area contributed by atoms with Gasteiger partial charge in [-0.2, -0.15) is 0 Å². The van der Waals surface area contributed by atoms with Crippen LogP contribution < -0.4 is 4.90 Å². The maximum absolute atomic E-state index is 13.7. The van der Waals surface area contributed by atoms with E-state index >= 15 is 0 Å². The highest BCUT2D eigenvalue weighted by Crippen LogP contribution is 2.18. The third kappa shape index (κ3) is 4.47. The molecular weight excluding hydrogens is 359 g/mol. The van der Waals surface area contributed by atoms with Crippen molar-refractivity contribution >= 4 is 17.6 Å². The summed E-state index contributed by atoms with van der Waals surface area (Å²) in [7, 11) is 3.70. The van der Waals surface area contributed by atoms with Crippen LogP contribution in [0.15, 0.2) is 42.6 Å². The van der Waals surface area contributed by atoms with Crippen molar-refractivity contribution in [1.82, 2.24) is 14.8 Å². The summed E-state index contributed by atoms with van der Waals surface area (Å²) in [6.07, 6.45) is 2.31. The molecule has 0 spiro atoms. The minimum Gasteiger partial charge on any atom is -0.362 e. The topological polar surface area (TPSA) is 56.8 Å². The number of aromatic nitrogens is 1. The van der Waals surface area contributed by atoms with Gasteiger partial charge in [-0.1, -0.05) is 18.2 Å². The molecule has 1 aliphatic heterocycles. The molecule has 0 saturated carbocycles. The first-order valence-electron chi connectivity index (χ1n) is 9.40. The van der Waals surface area contributed by atoms with Gasteiger partial charge in [0.15, 0.2) is 0 Å². The second-order valence-corrected chi connectivity index (χ2v) is 7.03. The Hall–Kier alpha value is -2.96. The van der Waals surface area contributed by atoms with Gasteiger partial charge in [-0.05, 0) is 30.2 Å². The smallest absolute Gasteiger partial charge is 0.257 e. The molecule has 2 aromatic rings. The van der Waals surface area contributed by atoms with Gasteiger partial charge in [0.05, 0.1) is 5.56 Å². The van der Waals surface area contributed by atoms with E-state index in [9.17, 15) is 14.0 Å². The molecule has 0 aliphatic carbocycles. The lowest BCUT2D eigenvalue weighted by molar-refractivity contribution is -0.132. The quantitative estimate of drug-likeness (QED) is 0.793. The molecule has 1 fully saturated rings. The van der Waals surface area contributed by atoms with Crippen LogP contribution in [0.3, 0.4) is 0 Å². The van der Waals surface area contributed by atoms with E-state index in [4.69, 9.17) is 0 Å². The normalized spacial score (nSPS) is 14.1. The molecule has 1 aromatic heterocycles. The summed E-state index contributed by atoms with van der Waals surface area (Å²) in [5.41, 5.74) is 1.12. The summed E-state index contributed by atoms with van der Waals surface area (Å²) in [5, 5.41) is 0. The van der Waals surface area contributed by atoms with Gasteiger partial charge >= 0.3 is 0 Å². The van der Waals surface area contributed by atoms with Gasteiger partial charge in [0.25, 0.3) is 5.91 Å². The third-order valence-electron chi connectivity index (χ3n) is 4.93. The Morgan fingerprint density at radius 2 is 1.71 bits per heavy atom. The molecule has 0 radical (unpaired) electrons. The van der Waals surface area contributed by atoms with E-state index in [0.29, 0.717) is 49.5 Å². The minimum atomic E-state index is -0.279. The Labute approximate surface area is 164 Å². The van der Waals surface area contributed by atoms with Crippen molar-refractivity contribution in [2.75, 3.05) is 45.2 Å². The lowest BCUT2D eigenvalue weighted by Gasteiger charge is -2.35. The monoisotopic (exact) mass is 384 g/mol. The van der Waals surface area contributed by atoms with E-state index in [0.717, 1.165) is 0 Å². The third-order valence-corrected chi connectivity index (χ3v) is 4.93. The second kappa shape index (κ2) is 8.82. The van der Waals surface area contributed by atoms with Crippen molar-refractivity contribution in [3.63, 3.8) is 0 Å². The maximum Gasteiger partial charge on any atom is 0.257 e. The Morgan fingerprint density at radius 3 is 2.39 bits per heavy atom. The number of benzene rings is 1. The molecule has 0 atom stereocenters. The molecule has 28 heavy (non-hydrogen) atoms. The van der Waals surface area contributed by atoms with Gasteiger partial charge in [-0.15, -0.1) is 0 Å². The van der Waals surface area contributed by atoms with E-state index in [1.165, 1.54) is 6.07 Å². The van der Waals surface area contributed by atoms with Crippen molar-refractivity contribution in [3.8, 4) is 0 Å². The van der Waals surface area contributed by atoms with E-state index in [1.807, 2.05) is 19.0 Å². The average Bonchev–Trinajstić information content (AvgIpc) is 2.72. The first kappa shape index (κ1) is 19.8. The number of carbonyl (C=O) groups is 2. The predicted octanol–water partition coefficient (Wildman–Crippen LogP) is 2.20. The molecule has 6 nitrogen and oxygen atoms in total. The van der Waals surface area contributed by atoms with Crippen LogP contribution in [0.2, 0.25) is 0 Å². The van der Waals surface area contributed by atoms with E-state index in [2.05, 4.69) is 4.98 Å². The highest BCUT2D eigenvalue weighted by Gasteiger charge is 2.26. The van der Waals surface area contributed by atoms with Crippen molar-refractivity contribution in [2.24, 2.45) is 0 Å². The summed E-state index contributed by atoms with van der Waals surface area (Å²) in [6.45, 7) is 1.93. The summed E-state index contributed by atoms with van der Waals surface area (Å²) in [4.78, 5) is 34.9. The number of carbonyl (C=O) groups excluding carboxylic acids is 2. The van der Waals surface area contributed by atoms with Crippen LogP contribution in [-0.4, -0.2) is 66.9 Å². The number of halogens is 1. The van der Waals surface area contributed by atoms with Gasteiger partial charge in [-0.3, -0.25) is 9.59 Å². The van der Waals surface area contributed by atoms with Crippen molar-refractivity contribution in [1.29, 1.82) is 0 Å². The van der Waals surface area contributed by atoms with Gasteiger partial charge in [0.1, 0.15) is 11.6 Å². The first-order valence-corrected chi connectivity index (χ1v) is 9.40. The molecule has 3 rings (SSSR count). The minimum absolute atomic E-state index is 0.00860. The van der Waals surface area contributed by atoms with Crippen LogP contribution in [0.1, 0.15) is 22.3 Å². The molecular formula is C21H25FN4O2. The average molecular weight is 384 g/mol. The Bertz CT molecular complexity index is 848. The standard InChI is InChI=1S/C21H25FN4O2/c1-24(2)20-17(7-5-11-23-20)21(28)26-14-12-25(13-15-26)19(27)10-9-16-6-3-4-8-18(16)22/h3-8,11H,9-10,12-15H2,1-2H3. The zero-order valence-electron chi connectivity index (χ0n) is 16.3. The summed E-state index contributed by atoms with van der Waals surface area (Å²) >= 11 is 0. The predicted molar refractivity (Wildman–Crippen MR) is 106 cm³/mol. The number of anilines is 1. The zero-order chi connectivity index (χ0) is 20.1. The lowest BCUT2D eigenvalue weighted by Crippen LogP contribution is -2.50. The number of rotatable bonds is 5. The second-order valence-electron chi connectivity index (χ2n) is 7.03. The van der Waals surface area contributed by atoms with Gasteiger partial charge in [-0.25, -0.2) is 9.37 Å². The van der Waals surface area contributed by atoms with Crippen LogP contribution in [0.5, 0.6) is 0 Å². The van der Waals surface area contributed by atoms with Gasteiger partial charge in [0, 0.05) is 52.9 Å². The zero-order valence-corrected chi connectivity index (χ0v) is 16.3. The molecule has 1 aromatic carbocycles. The lowest BCUT2D eigenvalue weighted by atomic mass is 10.1. The molecule has 2 heterocycles. The molecule has 0 bridgehead atoms. The molecule has 0 unspecified atom stereocenters. The number of aryl methyl sites for hydroxylation is 1. The van der Waals surface area contributed by atoms with E-state index in [1.54, 1.807) is 46.3 Å². The number of amides is 2. The Morgan fingerprint density at radius 1 is 1.04 bits per heavy atom. The highest BCUT2D eigenvalue weighted by molar-refractivity contribution is 5.99. The number of hydrogen-bond donors (Lipinski definition) is 0. The van der Waals surface area contributed by atoms with Crippen molar-refractivity contribution < 1.29 is 14.0 Å². The van der Waals surface area contributed by atoms with E-state index < -0.39 is 0 Å². The van der Waals surface area contributed by atoms with Crippen LogP contribution in [0, 0.1) is 5.82 Å². The number of nitrogens with zero attached hydrogens (tertiary/aromatic N) is 4. The first-order chi connectivity index (χ1) is 13.5. The molecule has 1 aliphatic rings. The summed E-state index contributed by atoms with van der Waals surface area (Å²) in [6, 6.07) is 10.0. The Kier molecular flexibility index (Phi) is 6.23. The largest absolute Gasteiger partial charge is 0.362 e. The number of piperazine rings is 1. The van der Waals surface area contributed by atoms with Crippen molar-refractivity contribution in [3.05, 3.63) is 59.5 Å². The fraction of sp³-hybridized carbons (Fsp3) is 0.381. The SMILES string of the molecule is CN(C)c1ncccc1C(=O)N1CCN(C(=O)CCc2ccccc2F)CC1. The number of hydrogen-bond acceptors (Lipinski definition) is 4.